The maximum atomic E-state index is 12.9. The Morgan fingerprint density at radius 3 is 2.20 bits per heavy atom. The summed E-state index contributed by atoms with van der Waals surface area (Å²) in [6.07, 6.45) is 0. The number of hydrogen-bond donors (Lipinski definition) is 1. The molecule has 3 nitrogen and oxygen atoms in total. The summed E-state index contributed by atoms with van der Waals surface area (Å²) in [4.78, 5) is 26.1. The van der Waals surface area contributed by atoms with Crippen LogP contribution in [0.25, 0.3) is 0 Å². The van der Waals surface area contributed by atoms with Gasteiger partial charge in [0.15, 0.2) is 5.78 Å². The second kappa shape index (κ2) is 9.50. The van der Waals surface area contributed by atoms with E-state index in [1.807, 2.05) is 36.4 Å². The molecule has 30 heavy (non-hydrogen) atoms. The molecule has 3 aromatic rings. The molecule has 0 unspecified atom stereocenters. The molecule has 0 aliphatic heterocycles. The number of halogens is 1. The molecule has 0 aromatic heterocycles. The summed E-state index contributed by atoms with van der Waals surface area (Å²) in [5.74, 6) is 0.0739. The lowest BCUT2D eigenvalue weighted by Gasteiger charge is -2.19. The molecule has 154 valence electrons. The average molecular weight is 438 g/mol. The Labute approximate surface area is 186 Å². The van der Waals surface area contributed by atoms with Crippen molar-refractivity contribution in [2.24, 2.45) is 0 Å². The van der Waals surface area contributed by atoms with Crippen LogP contribution >= 0.6 is 23.4 Å². The van der Waals surface area contributed by atoms with Crippen LogP contribution in [-0.2, 0) is 10.2 Å². The number of ketones is 1. The van der Waals surface area contributed by atoms with Gasteiger partial charge in [-0.05, 0) is 47.4 Å². The topological polar surface area (TPSA) is 46.2 Å². The predicted molar refractivity (Wildman–Crippen MR) is 126 cm³/mol. The van der Waals surface area contributed by atoms with E-state index in [1.54, 1.807) is 36.4 Å². The summed E-state index contributed by atoms with van der Waals surface area (Å²) in [5, 5.41) is 3.53. The van der Waals surface area contributed by atoms with Crippen LogP contribution in [-0.4, -0.2) is 17.4 Å². The van der Waals surface area contributed by atoms with E-state index in [4.69, 9.17) is 11.6 Å². The van der Waals surface area contributed by atoms with Gasteiger partial charge in [0, 0.05) is 26.7 Å². The van der Waals surface area contributed by atoms with Crippen LogP contribution in [0.3, 0.4) is 0 Å². The minimum atomic E-state index is -0.130. The highest BCUT2D eigenvalue weighted by Gasteiger charge is 2.15. The zero-order valence-electron chi connectivity index (χ0n) is 17.2. The van der Waals surface area contributed by atoms with Crippen LogP contribution in [0.2, 0.25) is 5.02 Å². The zero-order valence-corrected chi connectivity index (χ0v) is 18.8. The van der Waals surface area contributed by atoms with E-state index in [1.165, 1.54) is 17.3 Å². The first-order valence-corrected chi connectivity index (χ1v) is 11.0. The highest BCUT2D eigenvalue weighted by atomic mass is 35.5. The van der Waals surface area contributed by atoms with Gasteiger partial charge in [0.2, 0.25) is 5.91 Å². The number of anilines is 1. The average Bonchev–Trinajstić information content (AvgIpc) is 2.72. The van der Waals surface area contributed by atoms with Gasteiger partial charge in [-0.3, -0.25) is 9.59 Å². The molecule has 0 aliphatic rings. The van der Waals surface area contributed by atoms with Gasteiger partial charge in [-0.2, -0.15) is 0 Å². The number of amides is 1. The molecule has 0 saturated carbocycles. The molecule has 0 radical (unpaired) electrons. The molecule has 5 heteroatoms. The molecule has 0 heterocycles. The third-order valence-electron chi connectivity index (χ3n) is 4.61. The number of carbonyl (C=O) groups excluding carboxylic acids is 2. The zero-order chi connectivity index (χ0) is 21.7. The molecule has 1 amide bonds. The van der Waals surface area contributed by atoms with Crippen LogP contribution in [0.1, 0.15) is 42.3 Å². The first kappa shape index (κ1) is 22.1. The Balaban J connectivity index is 1.64. The van der Waals surface area contributed by atoms with Gasteiger partial charge in [-0.25, -0.2) is 0 Å². The van der Waals surface area contributed by atoms with Gasteiger partial charge in [-0.1, -0.05) is 68.8 Å². The van der Waals surface area contributed by atoms with Crippen LogP contribution in [0.5, 0.6) is 0 Å². The number of hydrogen-bond acceptors (Lipinski definition) is 3. The number of carbonyl (C=O) groups is 2. The van der Waals surface area contributed by atoms with Crippen LogP contribution in [0.4, 0.5) is 5.69 Å². The van der Waals surface area contributed by atoms with Gasteiger partial charge in [0.25, 0.3) is 0 Å². The van der Waals surface area contributed by atoms with E-state index in [-0.39, 0.29) is 22.9 Å². The minimum Gasteiger partial charge on any atom is -0.325 e. The van der Waals surface area contributed by atoms with Crippen molar-refractivity contribution in [3.8, 4) is 0 Å². The van der Waals surface area contributed by atoms with Crippen molar-refractivity contribution >= 4 is 40.7 Å². The molecule has 1 N–H and O–H groups in total. The van der Waals surface area contributed by atoms with Gasteiger partial charge < -0.3 is 5.32 Å². The number of benzene rings is 3. The quantitative estimate of drug-likeness (QED) is 0.349. The van der Waals surface area contributed by atoms with Crippen LogP contribution in [0, 0.1) is 0 Å². The van der Waals surface area contributed by atoms with Gasteiger partial charge in [-0.15, -0.1) is 11.8 Å². The second-order valence-corrected chi connectivity index (χ2v) is 9.51. The lowest BCUT2D eigenvalue weighted by Crippen LogP contribution is -2.14. The van der Waals surface area contributed by atoms with E-state index in [2.05, 4.69) is 26.1 Å². The van der Waals surface area contributed by atoms with Gasteiger partial charge in [0.05, 0.1) is 5.75 Å². The van der Waals surface area contributed by atoms with Crippen molar-refractivity contribution in [3.63, 3.8) is 0 Å². The Kier molecular flexibility index (Phi) is 7.01. The Morgan fingerprint density at radius 2 is 1.57 bits per heavy atom. The number of nitrogens with one attached hydrogen (secondary N) is 1. The summed E-state index contributed by atoms with van der Waals surface area (Å²) in [6, 6.07) is 22.1. The van der Waals surface area contributed by atoms with E-state index < -0.39 is 0 Å². The SMILES string of the molecule is CC(C)(C)c1ccc(C(=O)c2cccc(NC(=O)CSc3ccc(Cl)cc3)c2)cc1. The monoisotopic (exact) mass is 437 g/mol. The summed E-state index contributed by atoms with van der Waals surface area (Å²) in [5.41, 5.74) is 2.99. The molecule has 0 aliphatic carbocycles. The highest BCUT2D eigenvalue weighted by Crippen LogP contribution is 2.24. The molecular weight excluding hydrogens is 414 g/mol. The van der Waals surface area contributed by atoms with E-state index in [0.29, 0.717) is 21.8 Å². The van der Waals surface area contributed by atoms with E-state index in [0.717, 1.165) is 4.90 Å². The van der Waals surface area contributed by atoms with Gasteiger partial charge in [0.1, 0.15) is 0 Å². The molecule has 0 saturated heterocycles. The molecule has 3 rings (SSSR count). The third-order valence-corrected chi connectivity index (χ3v) is 5.87. The Hall–Kier alpha value is -2.56. The van der Waals surface area contributed by atoms with Crippen molar-refractivity contribution in [1.82, 2.24) is 0 Å². The Bertz CT molecular complexity index is 1040. The third kappa shape index (κ3) is 5.97. The molecule has 0 bridgehead atoms. The first-order chi connectivity index (χ1) is 14.2. The van der Waals surface area contributed by atoms with E-state index >= 15 is 0 Å². The van der Waals surface area contributed by atoms with Crippen molar-refractivity contribution in [1.29, 1.82) is 0 Å². The maximum Gasteiger partial charge on any atom is 0.234 e. The number of rotatable bonds is 6. The van der Waals surface area contributed by atoms with Crippen LogP contribution < -0.4 is 5.32 Å². The molecule has 0 spiro atoms. The second-order valence-electron chi connectivity index (χ2n) is 8.03. The maximum absolute atomic E-state index is 12.9. The van der Waals surface area contributed by atoms with Crippen molar-refractivity contribution in [2.45, 2.75) is 31.1 Å². The lowest BCUT2D eigenvalue weighted by atomic mass is 9.86. The lowest BCUT2D eigenvalue weighted by molar-refractivity contribution is -0.113. The largest absolute Gasteiger partial charge is 0.325 e. The smallest absolute Gasteiger partial charge is 0.234 e. The fourth-order valence-electron chi connectivity index (χ4n) is 2.90. The minimum absolute atomic E-state index is 0.0375. The fourth-order valence-corrected chi connectivity index (χ4v) is 3.73. The summed E-state index contributed by atoms with van der Waals surface area (Å²) >= 11 is 7.31. The van der Waals surface area contributed by atoms with E-state index in [9.17, 15) is 9.59 Å². The standard InChI is InChI=1S/C25H24ClNO2S/c1-25(2,3)19-9-7-17(8-10-19)24(29)18-5-4-6-21(15-18)27-23(28)16-30-22-13-11-20(26)12-14-22/h4-15H,16H2,1-3H3,(H,27,28). The predicted octanol–water partition coefficient (Wildman–Crippen LogP) is 6.60. The van der Waals surface area contributed by atoms with Crippen molar-refractivity contribution in [2.75, 3.05) is 11.1 Å². The van der Waals surface area contributed by atoms with Gasteiger partial charge >= 0.3 is 0 Å². The van der Waals surface area contributed by atoms with Crippen molar-refractivity contribution in [3.05, 3.63) is 94.5 Å². The van der Waals surface area contributed by atoms with Crippen LogP contribution in [0.15, 0.2) is 77.7 Å². The summed E-state index contributed by atoms with van der Waals surface area (Å²) in [7, 11) is 0. The normalized spacial score (nSPS) is 11.2. The molecule has 0 atom stereocenters. The van der Waals surface area contributed by atoms with Crippen molar-refractivity contribution < 1.29 is 9.59 Å². The molecule has 3 aromatic carbocycles. The summed E-state index contributed by atoms with van der Waals surface area (Å²) < 4.78 is 0. The summed E-state index contributed by atoms with van der Waals surface area (Å²) in [6.45, 7) is 6.42. The number of thioether (sulfide) groups is 1. The molecule has 0 fully saturated rings. The fraction of sp³-hybridized carbons (Fsp3) is 0.200. The highest BCUT2D eigenvalue weighted by molar-refractivity contribution is 8.00. The first-order valence-electron chi connectivity index (χ1n) is 9.66. The Morgan fingerprint density at radius 1 is 0.900 bits per heavy atom. The molecular formula is C25H24ClNO2S.